The average Bonchev–Trinajstić information content (AvgIpc) is 2.79. The van der Waals surface area contributed by atoms with Gasteiger partial charge >= 0.3 is 6.03 Å². The predicted octanol–water partition coefficient (Wildman–Crippen LogP) is 5.00. The number of aryl methyl sites for hydroxylation is 1. The Kier molecular flexibility index (Phi) is 6.78. The summed E-state index contributed by atoms with van der Waals surface area (Å²) >= 11 is 2.12. The first kappa shape index (κ1) is 23.6. The van der Waals surface area contributed by atoms with Gasteiger partial charge in [-0.2, -0.15) is 0 Å². The molecule has 1 aliphatic heterocycles. The first-order valence-electron chi connectivity index (χ1n) is 10.4. The van der Waals surface area contributed by atoms with E-state index < -0.39 is 17.8 Å². The van der Waals surface area contributed by atoms with Crippen molar-refractivity contribution in [3.05, 3.63) is 97.9 Å². The van der Waals surface area contributed by atoms with Crippen LogP contribution in [-0.4, -0.2) is 25.0 Å². The third-order valence-electron chi connectivity index (χ3n) is 5.39. The number of nitrogens with zero attached hydrogens (tertiary/aromatic N) is 1. The number of methoxy groups -OCH3 is 1. The summed E-state index contributed by atoms with van der Waals surface area (Å²) in [6.07, 6.45) is 1.74. The number of anilines is 1. The summed E-state index contributed by atoms with van der Waals surface area (Å²) in [6.45, 7) is 1.84. The van der Waals surface area contributed by atoms with E-state index in [4.69, 9.17) is 4.74 Å². The van der Waals surface area contributed by atoms with Crippen molar-refractivity contribution in [3.8, 4) is 5.75 Å². The number of barbiturate groups is 1. The van der Waals surface area contributed by atoms with Gasteiger partial charge in [0.2, 0.25) is 0 Å². The number of amides is 4. The summed E-state index contributed by atoms with van der Waals surface area (Å²) < 4.78 is 20.5. The lowest BCUT2D eigenvalue weighted by Gasteiger charge is -2.26. The van der Waals surface area contributed by atoms with E-state index in [1.165, 1.54) is 19.3 Å². The second-order valence-electron chi connectivity index (χ2n) is 7.75. The summed E-state index contributed by atoms with van der Waals surface area (Å²) in [4.78, 5) is 39.0. The highest BCUT2D eigenvalue weighted by atomic mass is 127. The molecule has 0 spiro atoms. The molecule has 1 heterocycles. The molecule has 172 valence electrons. The van der Waals surface area contributed by atoms with Crippen molar-refractivity contribution in [2.75, 3.05) is 12.0 Å². The maximum absolute atomic E-state index is 14.2. The van der Waals surface area contributed by atoms with Gasteiger partial charge in [0.1, 0.15) is 17.1 Å². The Hall–Kier alpha value is -3.53. The number of halogens is 2. The largest absolute Gasteiger partial charge is 0.496 e. The fourth-order valence-corrected chi connectivity index (χ4v) is 4.54. The molecular weight excluding hydrogens is 550 g/mol. The Morgan fingerprint density at radius 2 is 1.82 bits per heavy atom. The summed E-state index contributed by atoms with van der Waals surface area (Å²) in [5.74, 6) is -1.30. The molecule has 34 heavy (non-hydrogen) atoms. The number of carbonyl (C=O) groups is 3. The van der Waals surface area contributed by atoms with Crippen molar-refractivity contribution in [1.29, 1.82) is 0 Å². The summed E-state index contributed by atoms with van der Waals surface area (Å²) in [7, 11) is 1.50. The Morgan fingerprint density at radius 3 is 2.53 bits per heavy atom. The van der Waals surface area contributed by atoms with E-state index in [-0.39, 0.29) is 11.4 Å². The van der Waals surface area contributed by atoms with Crippen LogP contribution in [-0.2, 0) is 16.0 Å². The average molecular weight is 570 g/mol. The molecule has 0 saturated carbocycles. The van der Waals surface area contributed by atoms with Crippen molar-refractivity contribution < 1.29 is 23.5 Å². The molecule has 0 atom stereocenters. The van der Waals surface area contributed by atoms with Crippen molar-refractivity contribution in [2.24, 2.45) is 0 Å². The highest BCUT2D eigenvalue weighted by molar-refractivity contribution is 14.1. The van der Waals surface area contributed by atoms with Gasteiger partial charge in [0, 0.05) is 15.6 Å². The summed E-state index contributed by atoms with van der Waals surface area (Å²) in [5.41, 5.74) is 2.90. The zero-order chi connectivity index (χ0) is 24.4. The van der Waals surface area contributed by atoms with E-state index in [9.17, 15) is 18.8 Å². The van der Waals surface area contributed by atoms with Crippen LogP contribution in [0.15, 0.2) is 66.2 Å². The molecule has 4 rings (SSSR count). The van der Waals surface area contributed by atoms with Gasteiger partial charge in [-0.1, -0.05) is 30.3 Å². The molecule has 8 heteroatoms. The number of hydrogen-bond donors (Lipinski definition) is 1. The Morgan fingerprint density at radius 1 is 1.06 bits per heavy atom. The molecule has 0 aliphatic carbocycles. The lowest BCUT2D eigenvalue weighted by Crippen LogP contribution is -2.54. The number of imide groups is 2. The van der Waals surface area contributed by atoms with Crippen LogP contribution >= 0.6 is 22.6 Å². The van der Waals surface area contributed by atoms with Gasteiger partial charge in [-0.3, -0.25) is 14.9 Å². The van der Waals surface area contributed by atoms with Gasteiger partial charge in [0.15, 0.2) is 0 Å². The molecule has 0 radical (unpaired) electrons. The van der Waals surface area contributed by atoms with Gasteiger partial charge in [-0.15, -0.1) is 0 Å². The summed E-state index contributed by atoms with van der Waals surface area (Å²) in [6, 6.07) is 16.1. The Balaban J connectivity index is 1.72. The van der Waals surface area contributed by atoms with Crippen LogP contribution in [0.3, 0.4) is 0 Å². The molecule has 3 aromatic carbocycles. The van der Waals surface area contributed by atoms with E-state index in [2.05, 4.69) is 27.9 Å². The van der Waals surface area contributed by atoms with Gasteiger partial charge in [-0.25, -0.2) is 14.1 Å². The molecule has 1 N–H and O–H groups in total. The molecule has 0 bridgehead atoms. The third-order valence-corrected chi connectivity index (χ3v) is 6.36. The van der Waals surface area contributed by atoms with Gasteiger partial charge < -0.3 is 4.74 Å². The first-order chi connectivity index (χ1) is 16.3. The second-order valence-corrected chi connectivity index (χ2v) is 8.91. The molecule has 1 aliphatic rings. The van der Waals surface area contributed by atoms with Crippen LogP contribution in [0.4, 0.5) is 14.9 Å². The molecular formula is C26H20FIN2O4. The van der Waals surface area contributed by atoms with E-state index in [1.807, 2.05) is 13.0 Å². The Bertz CT molecular complexity index is 1350. The highest BCUT2D eigenvalue weighted by Gasteiger charge is 2.36. The smallest absolute Gasteiger partial charge is 0.335 e. The molecule has 4 amide bonds. The summed E-state index contributed by atoms with van der Waals surface area (Å²) in [5, 5.41) is 2.23. The molecule has 6 nitrogen and oxygen atoms in total. The minimum absolute atomic E-state index is 0.180. The maximum Gasteiger partial charge on any atom is 0.335 e. The first-order valence-corrected chi connectivity index (χ1v) is 11.4. The van der Waals surface area contributed by atoms with Crippen LogP contribution in [0.5, 0.6) is 5.75 Å². The quantitative estimate of drug-likeness (QED) is 0.266. The fraction of sp³-hybridized carbons (Fsp3) is 0.115. The van der Waals surface area contributed by atoms with Crippen LogP contribution in [0.25, 0.3) is 6.08 Å². The zero-order valence-electron chi connectivity index (χ0n) is 18.4. The van der Waals surface area contributed by atoms with Gasteiger partial charge in [-0.05, 0) is 82.6 Å². The van der Waals surface area contributed by atoms with E-state index in [0.29, 0.717) is 29.0 Å². The predicted molar refractivity (Wildman–Crippen MR) is 135 cm³/mol. The van der Waals surface area contributed by atoms with Crippen LogP contribution in [0.2, 0.25) is 0 Å². The monoisotopic (exact) mass is 570 g/mol. The molecule has 0 aromatic heterocycles. The topological polar surface area (TPSA) is 75.7 Å². The molecule has 0 unspecified atom stereocenters. The van der Waals surface area contributed by atoms with Gasteiger partial charge in [0.05, 0.1) is 12.8 Å². The standard InChI is InChI=1S/C26H20FIN2O4/c1-15-6-5-8-18(10-15)30-25(32)20(24(31)29-26(30)33)11-16-12-22(28)19(23(13-16)34-2)14-17-7-3-4-9-21(17)27/h3-13H,14H2,1-2H3,(H,29,31,33)/b20-11+. The van der Waals surface area contributed by atoms with Gasteiger partial charge in [0.25, 0.3) is 11.8 Å². The maximum atomic E-state index is 14.2. The van der Waals surface area contributed by atoms with Crippen molar-refractivity contribution >= 4 is 52.2 Å². The molecule has 1 saturated heterocycles. The van der Waals surface area contributed by atoms with Crippen molar-refractivity contribution in [3.63, 3.8) is 0 Å². The number of rotatable bonds is 5. The van der Waals surface area contributed by atoms with E-state index in [1.54, 1.807) is 48.5 Å². The van der Waals surface area contributed by atoms with Crippen molar-refractivity contribution in [2.45, 2.75) is 13.3 Å². The molecule has 1 fully saturated rings. The Labute approximate surface area is 209 Å². The highest BCUT2D eigenvalue weighted by Crippen LogP contribution is 2.31. The zero-order valence-corrected chi connectivity index (χ0v) is 20.6. The van der Waals surface area contributed by atoms with E-state index >= 15 is 0 Å². The lowest BCUT2D eigenvalue weighted by molar-refractivity contribution is -0.122. The van der Waals surface area contributed by atoms with Crippen molar-refractivity contribution in [1.82, 2.24) is 5.32 Å². The SMILES string of the molecule is COc1cc(/C=C2\C(=O)NC(=O)N(c3cccc(C)c3)C2=O)cc(I)c1Cc1ccccc1F. The minimum Gasteiger partial charge on any atom is -0.496 e. The number of urea groups is 1. The molecule has 3 aromatic rings. The number of carbonyl (C=O) groups excluding carboxylic acids is 3. The van der Waals surface area contributed by atoms with Crippen LogP contribution in [0, 0.1) is 16.3 Å². The van der Waals surface area contributed by atoms with Crippen LogP contribution < -0.4 is 15.0 Å². The number of ether oxygens (including phenoxy) is 1. The van der Waals surface area contributed by atoms with Crippen LogP contribution in [0.1, 0.15) is 22.3 Å². The van der Waals surface area contributed by atoms with E-state index in [0.717, 1.165) is 19.6 Å². The lowest BCUT2D eigenvalue weighted by atomic mass is 10.00. The number of hydrogen-bond acceptors (Lipinski definition) is 4. The number of nitrogens with one attached hydrogen (secondary N) is 1. The fourth-order valence-electron chi connectivity index (χ4n) is 3.73. The minimum atomic E-state index is -0.801. The normalized spacial score (nSPS) is 15.0. The third kappa shape index (κ3) is 4.72. The second kappa shape index (κ2) is 9.76. The number of benzene rings is 3.